The molecule has 6 aliphatic rings. The number of hydrogen-bond donors (Lipinski definition) is 0. The number of hydrogen-bond acceptors (Lipinski definition) is 7. The normalized spacial score (nSPS) is 50.2. The van der Waals surface area contributed by atoms with Gasteiger partial charge in [0.1, 0.15) is 24.1 Å². The van der Waals surface area contributed by atoms with Crippen LogP contribution in [0.1, 0.15) is 32.6 Å². The van der Waals surface area contributed by atoms with Gasteiger partial charge in [0.2, 0.25) is 0 Å². The van der Waals surface area contributed by atoms with E-state index in [0.717, 1.165) is 12.8 Å². The number of ketones is 1. The van der Waals surface area contributed by atoms with Gasteiger partial charge in [-0.1, -0.05) is 6.58 Å². The van der Waals surface area contributed by atoms with Gasteiger partial charge in [-0.3, -0.25) is 14.4 Å². The average Bonchev–Trinajstić information content (AvgIpc) is 3.44. The number of carbonyl (C=O) groups excluding carboxylic acids is 4. The minimum atomic E-state index is -0.638. The van der Waals surface area contributed by atoms with Crippen molar-refractivity contribution in [2.24, 2.45) is 47.3 Å². The van der Waals surface area contributed by atoms with Crippen LogP contribution in [-0.4, -0.2) is 42.0 Å². The van der Waals surface area contributed by atoms with Crippen molar-refractivity contribution in [3.8, 4) is 0 Å². The molecule has 0 aromatic carbocycles. The molecule has 0 N–H and O–H groups in total. The summed E-state index contributed by atoms with van der Waals surface area (Å²) in [7, 11) is 0. The lowest BCUT2D eigenvalue weighted by Crippen LogP contribution is -2.45. The molecule has 1 aliphatic heterocycles. The molecule has 5 saturated carbocycles. The second kappa shape index (κ2) is 5.70. The van der Waals surface area contributed by atoms with Crippen LogP contribution in [0.2, 0.25) is 0 Å². The average molecular weight is 400 g/mol. The number of esters is 3. The number of Topliss-reactive ketones (excluding diaryl/α,β-unsaturated/α-hetero) is 1. The van der Waals surface area contributed by atoms with Crippen molar-refractivity contribution in [2.75, 3.05) is 0 Å². The molecule has 5 aliphatic carbocycles. The van der Waals surface area contributed by atoms with Crippen LogP contribution in [0.3, 0.4) is 0 Å². The van der Waals surface area contributed by atoms with Gasteiger partial charge >= 0.3 is 17.9 Å². The lowest BCUT2D eigenvalue weighted by Gasteiger charge is -2.33. The predicted octanol–water partition coefficient (Wildman–Crippen LogP) is 1.44. The van der Waals surface area contributed by atoms with Crippen LogP contribution in [0.15, 0.2) is 12.2 Å². The molecule has 0 amide bonds. The highest BCUT2D eigenvalue weighted by molar-refractivity contribution is 5.89. The van der Waals surface area contributed by atoms with Gasteiger partial charge in [0.25, 0.3) is 0 Å². The van der Waals surface area contributed by atoms with Gasteiger partial charge in [-0.2, -0.15) is 0 Å². The molecule has 0 aromatic rings. The van der Waals surface area contributed by atoms with Gasteiger partial charge in [0, 0.05) is 35.7 Å². The van der Waals surface area contributed by atoms with Crippen molar-refractivity contribution < 1.29 is 33.4 Å². The summed E-state index contributed by atoms with van der Waals surface area (Å²) in [4.78, 5) is 50.0. The second-order valence-corrected chi connectivity index (χ2v) is 9.90. The van der Waals surface area contributed by atoms with Crippen molar-refractivity contribution in [2.45, 2.75) is 50.9 Å². The Labute approximate surface area is 168 Å². The number of ether oxygens (including phenoxy) is 3. The molecule has 0 radical (unpaired) electrons. The highest BCUT2D eigenvalue weighted by Crippen LogP contribution is 2.61. The summed E-state index contributed by atoms with van der Waals surface area (Å²) in [6, 6.07) is 0. The maximum absolute atomic E-state index is 13.2. The SMILES string of the molecule is C=C(C)C(=O)OC1C2CC3C1OC(=O)C3C2C(=O)OC1C2CC3C(=O)CC1C3C2. The van der Waals surface area contributed by atoms with Crippen molar-refractivity contribution >= 4 is 23.7 Å². The predicted molar refractivity (Wildman–Crippen MR) is 95.8 cm³/mol. The smallest absolute Gasteiger partial charge is 0.333 e. The highest BCUT2D eigenvalue weighted by Gasteiger charge is 2.71. The first-order valence-corrected chi connectivity index (χ1v) is 10.7. The maximum atomic E-state index is 13.2. The lowest BCUT2D eigenvalue weighted by molar-refractivity contribution is -0.169. The van der Waals surface area contributed by atoms with Gasteiger partial charge in [0.15, 0.2) is 0 Å². The van der Waals surface area contributed by atoms with Crippen LogP contribution in [-0.2, 0) is 33.4 Å². The van der Waals surface area contributed by atoms with Gasteiger partial charge in [0.05, 0.1) is 11.8 Å². The molecule has 6 rings (SSSR count). The molecule has 1 saturated heterocycles. The third kappa shape index (κ3) is 2.19. The Balaban J connectivity index is 1.23. The number of carbonyl (C=O) groups is 4. The van der Waals surface area contributed by atoms with Crippen molar-refractivity contribution in [3.63, 3.8) is 0 Å². The molecule has 4 bridgehead atoms. The Morgan fingerprint density at radius 2 is 1.79 bits per heavy atom. The minimum Gasteiger partial charge on any atom is -0.462 e. The third-order valence-corrected chi connectivity index (χ3v) is 8.60. The molecule has 0 spiro atoms. The number of rotatable bonds is 4. The fourth-order valence-electron chi connectivity index (χ4n) is 7.56. The van der Waals surface area contributed by atoms with Crippen LogP contribution >= 0.6 is 0 Å². The zero-order chi connectivity index (χ0) is 20.2. The molecule has 7 heteroatoms. The van der Waals surface area contributed by atoms with E-state index in [1.165, 1.54) is 0 Å². The van der Waals surface area contributed by atoms with E-state index in [9.17, 15) is 19.2 Å². The third-order valence-electron chi connectivity index (χ3n) is 8.60. The Morgan fingerprint density at radius 1 is 1.00 bits per heavy atom. The van der Waals surface area contributed by atoms with Gasteiger partial charge in [-0.05, 0) is 38.0 Å². The summed E-state index contributed by atoms with van der Waals surface area (Å²) in [5.74, 6) is -1.60. The Bertz CT molecular complexity index is 861. The summed E-state index contributed by atoms with van der Waals surface area (Å²) >= 11 is 0. The van der Waals surface area contributed by atoms with Gasteiger partial charge in [-0.15, -0.1) is 0 Å². The molecule has 29 heavy (non-hydrogen) atoms. The van der Waals surface area contributed by atoms with Gasteiger partial charge in [-0.25, -0.2) is 4.79 Å². The first-order valence-electron chi connectivity index (χ1n) is 10.7. The van der Waals surface area contributed by atoms with Crippen LogP contribution in [0.5, 0.6) is 0 Å². The molecular formula is C22H24O7. The van der Waals surface area contributed by atoms with E-state index < -0.39 is 30.0 Å². The van der Waals surface area contributed by atoms with Crippen molar-refractivity contribution in [3.05, 3.63) is 12.2 Å². The van der Waals surface area contributed by atoms with E-state index in [0.29, 0.717) is 24.5 Å². The zero-order valence-electron chi connectivity index (χ0n) is 16.2. The van der Waals surface area contributed by atoms with E-state index in [4.69, 9.17) is 14.2 Å². The van der Waals surface area contributed by atoms with Crippen LogP contribution < -0.4 is 0 Å². The van der Waals surface area contributed by atoms with E-state index in [1.54, 1.807) is 6.92 Å². The standard InChI is InChI=1S/C22H24O7/c1-7(2)20(24)28-18-12-5-13-16(22(26)29-19(13)18)15(12)21(25)27-17-8-3-9-10(4-8)14(23)6-11(9)17/h8-13,15-19H,1,3-6H2,2H3. The molecular weight excluding hydrogens is 376 g/mol. The molecule has 1 heterocycles. The molecule has 7 nitrogen and oxygen atoms in total. The fraction of sp³-hybridized carbons (Fsp3) is 0.727. The van der Waals surface area contributed by atoms with E-state index >= 15 is 0 Å². The van der Waals surface area contributed by atoms with Crippen LogP contribution in [0, 0.1) is 47.3 Å². The summed E-state index contributed by atoms with van der Waals surface area (Å²) in [5.41, 5.74) is 0.273. The van der Waals surface area contributed by atoms with Gasteiger partial charge < -0.3 is 14.2 Å². The fourth-order valence-corrected chi connectivity index (χ4v) is 7.56. The Kier molecular flexibility index (Phi) is 3.47. The highest BCUT2D eigenvalue weighted by atomic mass is 16.6. The molecule has 11 atom stereocenters. The molecule has 0 aromatic heterocycles. The lowest BCUT2D eigenvalue weighted by atomic mass is 9.78. The van der Waals surface area contributed by atoms with Crippen LogP contribution in [0.25, 0.3) is 0 Å². The number of fused-ring (bicyclic) bond motifs is 2. The van der Waals surface area contributed by atoms with Crippen molar-refractivity contribution in [1.29, 1.82) is 0 Å². The first-order chi connectivity index (χ1) is 13.8. The molecule has 6 fully saturated rings. The zero-order valence-corrected chi connectivity index (χ0v) is 16.2. The van der Waals surface area contributed by atoms with Crippen LogP contribution in [0.4, 0.5) is 0 Å². The summed E-state index contributed by atoms with van der Waals surface area (Å²) in [6.07, 6.45) is 1.59. The molecule has 11 unspecified atom stereocenters. The summed E-state index contributed by atoms with van der Waals surface area (Å²) in [6.45, 7) is 5.17. The van der Waals surface area contributed by atoms with E-state index in [1.807, 2.05) is 0 Å². The second-order valence-electron chi connectivity index (χ2n) is 9.90. The van der Waals surface area contributed by atoms with E-state index in [2.05, 4.69) is 6.58 Å². The van der Waals surface area contributed by atoms with E-state index in [-0.39, 0.29) is 53.2 Å². The monoisotopic (exact) mass is 400 g/mol. The van der Waals surface area contributed by atoms with Crippen molar-refractivity contribution in [1.82, 2.24) is 0 Å². The maximum Gasteiger partial charge on any atom is 0.333 e. The quantitative estimate of drug-likeness (QED) is 0.400. The topological polar surface area (TPSA) is 96.0 Å². The molecule has 154 valence electrons. The summed E-state index contributed by atoms with van der Waals surface area (Å²) in [5, 5.41) is 0. The first kappa shape index (κ1) is 17.7. The Hall–Kier alpha value is -2.18. The minimum absolute atomic E-state index is 0.106. The Morgan fingerprint density at radius 3 is 2.55 bits per heavy atom. The largest absolute Gasteiger partial charge is 0.462 e. The summed E-state index contributed by atoms with van der Waals surface area (Å²) < 4.78 is 17.1.